The molecule has 2 unspecified atom stereocenters. The monoisotopic (exact) mass is 339 g/mol. The van der Waals surface area contributed by atoms with E-state index in [1.807, 2.05) is 18.2 Å². The van der Waals surface area contributed by atoms with Crippen LogP contribution in [0.1, 0.15) is 22.7 Å². The molecule has 0 radical (unpaired) electrons. The molecule has 0 spiro atoms. The van der Waals surface area contributed by atoms with Gasteiger partial charge < -0.3 is 14.8 Å². The highest BCUT2D eigenvalue weighted by Gasteiger charge is 2.33. The molecule has 0 bridgehead atoms. The van der Waals surface area contributed by atoms with Crippen LogP contribution in [0.4, 0.5) is 0 Å². The Morgan fingerprint density at radius 2 is 1.96 bits per heavy atom. The topological polar surface area (TPSA) is 71.6 Å². The molecular formula is C19H21N3O3. The number of ether oxygens (including phenoxy) is 2. The van der Waals surface area contributed by atoms with Gasteiger partial charge in [0.1, 0.15) is 0 Å². The Bertz CT molecular complexity index is 776. The fourth-order valence-electron chi connectivity index (χ4n) is 3.20. The van der Waals surface area contributed by atoms with Crippen molar-refractivity contribution in [3.63, 3.8) is 0 Å². The number of carbonyl (C=O) groups is 1. The summed E-state index contributed by atoms with van der Waals surface area (Å²) < 4.78 is 10.7. The summed E-state index contributed by atoms with van der Waals surface area (Å²) in [6.07, 6.45) is 0. The predicted molar refractivity (Wildman–Crippen MR) is 93.0 cm³/mol. The van der Waals surface area contributed by atoms with Gasteiger partial charge >= 0.3 is 0 Å². The van der Waals surface area contributed by atoms with Gasteiger partial charge in [-0.25, -0.2) is 5.43 Å². The summed E-state index contributed by atoms with van der Waals surface area (Å²) in [5.74, 6) is 1.35. The van der Waals surface area contributed by atoms with Gasteiger partial charge in [-0.05, 0) is 30.2 Å². The second-order valence-electron chi connectivity index (χ2n) is 6.43. The molecule has 2 aliphatic heterocycles. The maximum Gasteiger partial charge on any atom is 0.231 e. The van der Waals surface area contributed by atoms with E-state index < -0.39 is 0 Å². The van der Waals surface area contributed by atoms with Gasteiger partial charge in [0.05, 0.1) is 12.0 Å². The highest BCUT2D eigenvalue weighted by molar-refractivity contribution is 5.80. The molecule has 2 atom stereocenters. The minimum absolute atomic E-state index is 0.0285. The van der Waals surface area contributed by atoms with Gasteiger partial charge in [-0.1, -0.05) is 35.9 Å². The van der Waals surface area contributed by atoms with E-state index in [2.05, 4.69) is 47.4 Å². The van der Waals surface area contributed by atoms with Crippen molar-refractivity contribution in [2.24, 2.45) is 5.92 Å². The normalized spacial score (nSPS) is 21.3. The van der Waals surface area contributed by atoms with E-state index in [1.165, 1.54) is 5.56 Å². The van der Waals surface area contributed by atoms with E-state index in [-0.39, 0.29) is 24.7 Å². The number of hydrogen-bond donors (Lipinski definition) is 3. The first kappa shape index (κ1) is 15.9. The minimum atomic E-state index is -0.156. The molecule has 6 nitrogen and oxygen atoms in total. The number of rotatable bonds is 4. The summed E-state index contributed by atoms with van der Waals surface area (Å²) in [6.45, 7) is 3.38. The largest absolute Gasteiger partial charge is 0.454 e. The van der Waals surface area contributed by atoms with Crippen LogP contribution < -0.4 is 25.6 Å². The molecule has 2 aliphatic rings. The number of benzene rings is 2. The van der Waals surface area contributed by atoms with E-state index in [0.29, 0.717) is 13.1 Å². The smallest absolute Gasteiger partial charge is 0.231 e. The first-order valence-corrected chi connectivity index (χ1v) is 8.42. The van der Waals surface area contributed by atoms with Crippen LogP contribution in [0.3, 0.4) is 0 Å². The summed E-state index contributed by atoms with van der Waals surface area (Å²) in [5, 5.41) is 3.03. The molecular weight excluding hydrogens is 318 g/mol. The lowest BCUT2D eigenvalue weighted by Crippen LogP contribution is -2.34. The molecule has 2 aromatic rings. The molecule has 1 fully saturated rings. The maximum absolute atomic E-state index is 12.7. The average molecular weight is 339 g/mol. The third kappa shape index (κ3) is 3.31. The summed E-state index contributed by atoms with van der Waals surface area (Å²) in [4.78, 5) is 12.7. The lowest BCUT2D eigenvalue weighted by atomic mass is 9.93. The third-order valence-electron chi connectivity index (χ3n) is 4.66. The van der Waals surface area contributed by atoms with Gasteiger partial charge in [0.15, 0.2) is 11.5 Å². The van der Waals surface area contributed by atoms with Crippen molar-refractivity contribution in [3.8, 4) is 11.5 Å². The van der Waals surface area contributed by atoms with Gasteiger partial charge in [-0.3, -0.25) is 10.2 Å². The molecule has 3 N–H and O–H groups in total. The van der Waals surface area contributed by atoms with Crippen LogP contribution in [0.25, 0.3) is 0 Å². The molecule has 130 valence electrons. The highest BCUT2D eigenvalue weighted by atomic mass is 16.7. The lowest BCUT2D eigenvalue weighted by Gasteiger charge is -2.18. The van der Waals surface area contributed by atoms with E-state index in [4.69, 9.17) is 9.47 Å². The molecule has 6 heteroatoms. The predicted octanol–water partition coefficient (Wildman–Crippen LogP) is 1.81. The summed E-state index contributed by atoms with van der Waals surface area (Å²) >= 11 is 0. The van der Waals surface area contributed by atoms with E-state index in [9.17, 15) is 4.79 Å². The number of aryl methyl sites for hydroxylation is 1. The summed E-state index contributed by atoms with van der Waals surface area (Å²) in [5.41, 5.74) is 9.62. The van der Waals surface area contributed by atoms with E-state index >= 15 is 0 Å². The zero-order valence-corrected chi connectivity index (χ0v) is 14.0. The fraction of sp³-hybridized carbons (Fsp3) is 0.316. The second kappa shape index (κ2) is 6.74. The van der Waals surface area contributed by atoms with Gasteiger partial charge in [0.2, 0.25) is 12.7 Å². The molecule has 4 rings (SSSR count). The van der Waals surface area contributed by atoms with Crippen molar-refractivity contribution in [1.29, 1.82) is 0 Å². The molecule has 0 aromatic heterocycles. The Morgan fingerprint density at radius 1 is 1.16 bits per heavy atom. The maximum atomic E-state index is 12.7. The lowest BCUT2D eigenvalue weighted by molar-refractivity contribution is -0.125. The summed E-state index contributed by atoms with van der Waals surface area (Å²) in [7, 11) is 0. The standard InChI is InChI=1S/C19H21N3O3/c1-12-2-5-14(6-3-12)18-15(10-21-22-18)19(23)20-9-13-4-7-16-17(8-13)25-11-24-16/h2-8,15,18,21-22H,9-11H2,1H3,(H,20,23). The first-order valence-electron chi connectivity index (χ1n) is 8.42. The van der Waals surface area contributed by atoms with Crippen molar-refractivity contribution in [2.45, 2.75) is 19.5 Å². The zero-order valence-electron chi connectivity index (χ0n) is 14.0. The number of carbonyl (C=O) groups excluding carboxylic acids is 1. The van der Waals surface area contributed by atoms with Crippen molar-refractivity contribution in [3.05, 3.63) is 59.2 Å². The fourth-order valence-corrected chi connectivity index (χ4v) is 3.20. The van der Waals surface area contributed by atoms with Crippen LogP contribution in [0.5, 0.6) is 11.5 Å². The van der Waals surface area contributed by atoms with Gasteiger partial charge in [0.25, 0.3) is 0 Å². The number of hydrogen-bond acceptors (Lipinski definition) is 5. The Labute approximate surface area is 146 Å². The Hall–Kier alpha value is -2.57. The number of amides is 1. The molecule has 0 saturated carbocycles. The third-order valence-corrected chi connectivity index (χ3v) is 4.66. The Morgan fingerprint density at radius 3 is 2.80 bits per heavy atom. The quantitative estimate of drug-likeness (QED) is 0.792. The van der Waals surface area contributed by atoms with Crippen molar-refractivity contribution < 1.29 is 14.3 Å². The van der Waals surface area contributed by atoms with Crippen LogP contribution in [0.15, 0.2) is 42.5 Å². The second-order valence-corrected chi connectivity index (χ2v) is 6.43. The van der Waals surface area contributed by atoms with Gasteiger partial charge in [-0.2, -0.15) is 0 Å². The van der Waals surface area contributed by atoms with Crippen LogP contribution in [0.2, 0.25) is 0 Å². The van der Waals surface area contributed by atoms with E-state index in [0.717, 1.165) is 22.6 Å². The Kier molecular flexibility index (Phi) is 4.29. The minimum Gasteiger partial charge on any atom is -0.454 e. The molecule has 1 saturated heterocycles. The molecule has 1 amide bonds. The van der Waals surface area contributed by atoms with Crippen LogP contribution in [0, 0.1) is 12.8 Å². The molecule has 2 heterocycles. The number of fused-ring (bicyclic) bond motifs is 1. The molecule has 2 aromatic carbocycles. The van der Waals surface area contributed by atoms with E-state index in [1.54, 1.807) is 0 Å². The van der Waals surface area contributed by atoms with Crippen LogP contribution in [-0.2, 0) is 11.3 Å². The van der Waals surface area contributed by atoms with Crippen molar-refractivity contribution >= 4 is 5.91 Å². The zero-order chi connectivity index (χ0) is 17.2. The summed E-state index contributed by atoms with van der Waals surface area (Å²) in [6, 6.07) is 14.0. The van der Waals surface area contributed by atoms with Crippen molar-refractivity contribution in [1.82, 2.24) is 16.2 Å². The first-order chi connectivity index (χ1) is 12.2. The SMILES string of the molecule is Cc1ccc(C2NNCC2C(=O)NCc2ccc3c(c2)OCO3)cc1. The van der Waals surface area contributed by atoms with Crippen LogP contribution in [-0.4, -0.2) is 19.2 Å². The Balaban J connectivity index is 1.41. The highest BCUT2D eigenvalue weighted by Crippen LogP contribution is 2.32. The molecule has 25 heavy (non-hydrogen) atoms. The van der Waals surface area contributed by atoms with Gasteiger partial charge in [-0.15, -0.1) is 0 Å². The molecule has 0 aliphatic carbocycles. The van der Waals surface area contributed by atoms with Crippen molar-refractivity contribution in [2.75, 3.05) is 13.3 Å². The van der Waals surface area contributed by atoms with Gasteiger partial charge in [0, 0.05) is 13.1 Å². The van der Waals surface area contributed by atoms with Crippen LogP contribution >= 0.6 is 0 Å². The average Bonchev–Trinajstić information content (AvgIpc) is 3.29. The number of hydrazine groups is 1. The number of nitrogens with one attached hydrogen (secondary N) is 3.